The number of imidazole rings is 1. The third-order valence-electron chi connectivity index (χ3n) is 4.79. The van der Waals surface area contributed by atoms with Crippen LogP contribution < -0.4 is 0 Å². The molecule has 0 unspecified atom stereocenters. The SMILES string of the molecule is CN(Cc1ncc[nH]1)C(=O)[C@H]1OCC(=O)N(C2CC2)[C@@H]1c1cccnc1. The van der Waals surface area contributed by atoms with Crippen LogP contribution in [-0.4, -0.2) is 62.4 Å². The molecule has 0 radical (unpaired) electrons. The molecule has 8 heteroatoms. The van der Waals surface area contributed by atoms with Gasteiger partial charge in [0.05, 0.1) is 12.6 Å². The molecular weight excluding hydrogens is 334 g/mol. The van der Waals surface area contributed by atoms with Crippen molar-refractivity contribution in [2.24, 2.45) is 0 Å². The second-order valence-electron chi connectivity index (χ2n) is 6.73. The van der Waals surface area contributed by atoms with E-state index in [4.69, 9.17) is 4.74 Å². The van der Waals surface area contributed by atoms with Crippen molar-refractivity contribution in [3.8, 4) is 0 Å². The maximum atomic E-state index is 13.1. The van der Waals surface area contributed by atoms with Crippen molar-refractivity contribution < 1.29 is 14.3 Å². The number of morpholine rings is 1. The number of carbonyl (C=O) groups excluding carboxylic acids is 2. The van der Waals surface area contributed by atoms with Crippen LogP contribution in [-0.2, 0) is 20.9 Å². The van der Waals surface area contributed by atoms with Crippen molar-refractivity contribution in [3.05, 3.63) is 48.3 Å². The predicted molar refractivity (Wildman–Crippen MR) is 91.6 cm³/mol. The van der Waals surface area contributed by atoms with Crippen LogP contribution in [0.4, 0.5) is 0 Å². The third kappa shape index (κ3) is 3.20. The summed E-state index contributed by atoms with van der Waals surface area (Å²) in [7, 11) is 1.71. The van der Waals surface area contributed by atoms with Gasteiger partial charge in [-0.15, -0.1) is 0 Å². The molecule has 8 nitrogen and oxygen atoms in total. The maximum Gasteiger partial charge on any atom is 0.254 e. The number of amides is 2. The Morgan fingerprint density at radius 1 is 1.42 bits per heavy atom. The number of carbonyl (C=O) groups is 2. The van der Waals surface area contributed by atoms with Crippen LogP contribution in [0.25, 0.3) is 0 Å². The van der Waals surface area contributed by atoms with Gasteiger partial charge in [-0.2, -0.15) is 0 Å². The highest BCUT2D eigenvalue weighted by Crippen LogP contribution is 2.39. The van der Waals surface area contributed by atoms with E-state index in [-0.39, 0.29) is 24.5 Å². The quantitative estimate of drug-likeness (QED) is 0.860. The van der Waals surface area contributed by atoms with E-state index in [0.29, 0.717) is 12.4 Å². The molecule has 1 saturated carbocycles. The molecule has 0 bridgehead atoms. The Hall–Kier alpha value is -2.74. The van der Waals surface area contributed by atoms with Crippen LogP contribution in [0.3, 0.4) is 0 Å². The molecule has 1 aliphatic heterocycles. The fourth-order valence-corrected chi connectivity index (χ4v) is 3.41. The minimum absolute atomic E-state index is 0.0703. The van der Waals surface area contributed by atoms with Gasteiger partial charge in [0.15, 0.2) is 6.10 Å². The van der Waals surface area contributed by atoms with E-state index in [1.54, 1.807) is 36.7 Å². The van der Waals surface area contributed by atoms with Crippen molar-refractivity contribution in [2.45, 2.75) is 37.6 Å². The summed E-state index contributed by atoms with van der Waals surface area (Å²) >= 11 is 0. The Bertz CT molecular complexity index is 775. The third-order valence-corrected chi connectivity index (χ3v) is 4.79. The fourth-order valence-electron chi connectivity index (χ4n) is 3.41. The van der Waals surface area contributed by atoms with Crippen LogP contribution in [0.15, 0.2) is 36.9 Å². The Kier molecular flexibility index (Phi) is 4.42. The highest BCUT2D eigenvalue weighted by Gasteiger charge is 2.48. The number of ether oxygens (including phenoxy) is 1. The summed E-state index contributed by atoms with van der Waals surface area (Å²) < 4.78 is 5.73. The molecular formula is C18H21N5O3. The van der Waals surface area contributed by atoms with Crippen molar-refractivity contribution in [2.75, 3.05) is 13.7 Å². The van der Waals surface area contributed by atoms with Gasteiger partial charge in [0.25, 0.3) is 5.91 Å². The predicted octanol–water partition coefficient (Wildman–Crippen LogP) is 0.894. The normalized spacial score (nSPS) is 23.1. The number of rotatable bonds is 5. The minimum Gasteiger partial charge on any atom is -0.356 e. The van der Waals surface area contributed by atoms with Gasteiger partial charge in [0, 0.05) is 37.9 Å². The maximum absolute atomic E-state index is 13.1. The zero-order valence-corrected chi connectivity index (χ0v) is 14.5. The second-order valence-corrected chi connectivity index (χ2v) is 6.73. The summed E-state index contributed by atoms with van der Waals surface area (Å²) in [4.78, 5) is 40.3. The lowest BCUT2D eigenvalue weighted by Crippen LogP contribution is -2.55. The van der Waals surface area contributed by atoms with Gasteiger partial charge in [-0.3, -0.25) is 14.6 Å². The van der Waals surface area contributed by atoms with Crippen LogP contribution >= 0.6 is 0 Å². The van der Waals surface area contributed by atoms with E-state index in [2.05, 4.69) is 15.0 Å². The van der Waals surface area contributed by atoms with Crippen LogP contribution in [0.1, 0.15) is 30.3 Å². The second kappa shape index (κ2) is 6.87. The van der Waals surface area contributed by atoms with Crippen molar-refractivity contribution in [1.82, 2.24) is 24.8 Å². The molecule has 1 aliphatic carbocycles. The topological polar surface area (TPSA) is 91.4 Å². The van der Waals surface area contributed by atoms with E-state index < -0.39 is 12.1 Å². The molecule has 3 heterocycles. The van der Waals surface area contributed by atoms with Gasteiger partial charge in [-0.25, -0.2) is 4.98 Å². The number of aromatic nitrogens is 3. The first-order valence-electron chi connectivity index (χ1n) is 8.71. The Morgan fingerprint density at radius 2 is 2.27 bits per heavy atom. The van der Waals surface area contributed by atoms with Crippen molar-refractivity contribution in [1.29, 1.82) is 0 Å². The van der Waals surface area contributed by atoms with E-state index in [9.17, 15) is 9.59 Å². The molecule has 0 spiro atoms. The van der Waals surface area contributed by atoms with Gasteiger partial charge < -0.3 is 19.5 Å². The summed E-state index contributed by atoms with van der Waals surface area (Å²) in [6.45, 7) is 0.279. The number of pyridine rings is 1. The van der Waals surface area contributed by atoms with Crippen molar-refractivity contribution >= 4 is 11.8 Å². The molecule has 1 N–H and O–H groups in total. The highest BCUT2D eigenvalue weighted by atomic mass is 16.5. The average molecular weight is 355 g/mol. The van der Waals surface area contributed by atoms with Crippen molar-refractivity contribution in [3.63, 3.8) is 0 Å². The lowest BCUT2D eigenvalue weighted by Gasteiger charge is -2.41. The molecule has 0 aromatic carbocycles. The first kappa shape index (κ1) is 16.7. The van der Waals surface area contributed by atoms with Crippen LogP contribution in [0.5, 0.6) is 0 Å². The zero-order valence-electron chi connectivity index (χ0n) is 14.5. The standard InChI is InChI=1S/C18H21N5O3/c1-22(10-14-20-7-8-21-14)18(25)17-16(12-3-2-6-19-9-12)23(13-4-5-13)15(24)11-26-17/h2-3,6-9,13,16-17H,4-5,10-11H2,1H3,(H,20,21)/t16-,17+/m1/s1. The molecule has 1 saturated heterocycles. The molecule has 4 rings (SSSR count). The van der Waals surface area contributed by atoms with Gasteiger partial charge >= 0.3 is 0 Å². The molecule has 26 heavy (non-hydrogen) atoms. The highest BCUT2D eigenvalue weighted by molar-refractivity contribution is 5.86. The molecule has 2 aromatic heterocycles. The summed E-state index contributed by atoms with van der Waals surface area (Å²) in [6.07, 6.45) is 7.92. The fraction of sp³-hybridized carbons (Fsp3) is 0.444. The number of hydrogen-bond acceptors (Lipinski definition) is 5. The van der Waals surface area contributed by atoms with Crippen LogP contribution in [0, 0.1) is 0 Å². The number of hydrogen-bond donors (Lipinski definition) is 1. The van der Waals surface area contributed by atoms with Crippen LogP contribution in [0.2, 0.25) is 0 Å². The monoisotopic (exact) mass is 355 g/mol. The van der Waals surface area contributed by atoms with Gasteiger partial charge in [-0.1, -0.05) is 6.07 Å². The lowest BCUT2D eigenvalue weighted by atomic mass is 9.98. The molecule has 2 fully saturated rings. The molecule has 2 aliphatic rings. The first-order valence-corrected chi connectivity index (χ1v) is 8.71. The number of nitrogens with zero attached hydrogens (tertiary/aromatic N) is 4. The summed E-state index contributed by atoms with van der Waals surface area (Å²) in [6, 6.07) is 3.43. The van der Waals surface area contributed by atoms with E-state index in [1.165, 1.54) is 0 Å². The average Bonchev–Trinajstić information content (AvgIpc) is 3.37. The Labute approximate surface area is 151 Å². The number of likely N-dealkylation sites (N-methyl/N-ethyl adjacent to an activating group) is 1. The molecule has 2 aromatic rings. The number of H-pyrrole nitrogens is 1. The summed E-state index contributed by atoms with van der Waals surface area (Å²) in [5.41, 5.74) is 0.817. The van der Waals surface area contributed by atoms with E-state index in [0.717, 1.165) is 18.4 Å². The molecule has 2 atom stereocenters. The molecule has 2 amide bonds. The summed E-state index contributed by atoms with van der Waals surface area (Å²) in [5, 5.41) is 0. The van der Waals surface area contributed by atoms with Gasteiger partial charge in [-0.05, 0) is 24.5 Å². The van der Waals surface area contributed by atoms with Gasteiger partial charge in [0.2, 0.25) is 5.91 Å². The zero-order chi connectivity index (χ0) is 18.1. The van der Waals surface area contributed by atoms with E-state index >= 15 is 0 Å². The Balaban J connectivity index is 1.61. The lowest BCUT2D eigenvalue weighted by molar-refractivity contribution is -0.170. The summed E-state index contributed by atoms with van der Waals surface area (Å²) in [5.74, 6) is 0.456. The first-order chi connectivity index (χ1) is 12.6. The number of nitrogens with one attached hydrogen (secondary N) is 1. The smallest absolute Gasteiger partial charge is 0.254 e. The minimum atomic E-state index is -0.752. The Morgan fingerprint density at radius 3 is 2.92 bits per heavy atom. The molecule has 136 valence electrons. The number of aromatic amines is 1. The van der Waals surface area contributed by atoms with E-state index in [1.807, 2.05) is 17.0 Å². The largest absolute Gasteiger partial charge is 0.356 e. The van der Waals surface area contributed by atoms with Gasteiger partial charge in [0.1, 0.15) is 12.4 Å².